The van der Waals surface area contributed by atoms with E-state index in [1.807, 2.05) is 36.4 Å². The standard InChI is InChI=1S/C24H17BrCl3N3O2/c25-18-4-1-2-7-22(18)33-14-15-8-10-16(11-9-15)24(32)29-23-21(28)13-31(30-23)12-17-19(26)5-3-6-20(17)27/h1-11,13H,12,14H2,(H,29,30,32). The van der Waals surface area contributed by atoms with Crippen LogP contribution in [0.2, 0.25) is 15.1 Å². The summed E-state index contributed by atoms with van der Waals surface area (Å²) in [5, 5.41) is 8.47. The second-order valence-corrected chi connectivity index (χ2v) is 9.17. The van der Waals surface area contributed by atoms with Crippen molar-refractivity contribution in [2.24, 2.45) is 0 Å². The Labute approximate surface area is 214 Å². The average Bonchev–Trinajstić information content (AvgIpc) is 3.15. The van der Waals surface area contributed by atoms with Crippen LogP contribution in [-0.2, 0) is 13.2 Å². The molecule has 0 aliphatic rings. The molecular formula is C24H17BrCl3N3O2. The molecule has 4 aromatic rings. The number of halogens is 4. The van der Waals surface area contributed by atoms with Crippen LogP contribution in [0.1, 0.15) is 21.5 Å². The predicted octanol–water partition coefficient (Wildman–Crippen LogP) is 7.49. The summed E-state index contributed by atoms with van der Waals surface area (Å²) >= 11 is 22.2. The van der Waals surface area contributed by atoms with E-state index in [0.29, 0.717) is 33.8 Å². The molecule has 0 saturated heterocycles. The van der Waals surface area contributed by atoms with Gasteiger partial charge in [-0.05, 0) is 57.9 Å². The lowest BCUT2D eigenvalue weighted by Crippen LogP contribution is -2.13. The molecule has 33 heavy (non-hydrogen) atoms. The minimum Gasteiger partial charge on any atom is -0.488 e. The quantitative estimate of drug-likeness (QED) is 0.253. The first-order valence-electron chi connectivity index (χ1n) is 9.84. The number of ether oxygens (including phenoxy) is 1. The van der Waals surface area contributed by atoms with Crippen LogP contribution >= 0.6 is 50.7 Å². The van der Waals surface area contributed by atoms with E-state index in [-0.39, 0.29) is 11.7 Å². The maximum absolute atomic E-state index is 12.7. The molecule has 0 radical (unpaired) electrons. The third-order valence-electron chi connectivity index (χ3n) is 4.78. The van der Waals surface area contributed by atoms with Crippen LogP contribution in [0.15, 0.2) is 77.4 Å². The summed E-state index contributed by atoms with van der Waals surface area (Å²) in [6.45, 7) is 0.700. The number of anilines is 1. The fourth-order valence-corrected chi connectivity index (χ4v) is 4.18. The zero-order chi connectivity index (χ0) is 23.4. The summed E-state index contributed by atoms with van der Waals surface area (Å²) in [4.78, 5) is 12.7. The molecule has 1 N–H and O–H groups in total. The fourth-order valence-electron chi connectivity index (χ4n) is 3.06. The first-order chi connectivity index (χ1) is 15.9. The molecule has 9 heteroatoms. The third kappa shape index (κ3) is 5.89. The van der Waals surface area contributed by atoms with E-state index in [0.717, 1.165) is 21.3 Å². The maximum Gasteiger partial charge on any atom is 0.256 e. The largest absolute Gasteiger partial charge is 0.488 e. The summed E-state index contributed by atoms with van der Waals surface area (Å²) in [6, 6.07) is 20.0. The number of nitrogens with zero attached hydrogens (tertiary/aromatic N) is 2. The zero-order valence-electron chi connectivity index (χ0n) is 17.1. The van der Waals surface area contributed by atoms with Gasteiger partial charge in [0, 0.05) is 27.4 Å². The molecule has 0 saturated carbocycles. The molecule has 1 heterocycles. The van der Waals surface area contributed by atoms with Gasteiger partial charge in [0.25, 0.3) is 5.91 Å². The van der Waals surface area contributed by atoms with Gasteiger partial charge in [-0.1, -0.05) is 65.1 Å². The molecule has 0 spiro atoms. The summed E-state index contributed by atoms with van der Waals surface area (Å²) in [5.41, 5.74) is 2.12. The van der Waals surface area contributed by atoms with Crippen molar-refractivity contribution in [3.8, 4) is 5.75 Å². The Hall–Kier alpha value is -2.51. The highest BCUT2D eigenvalue weighted by Gasteiger charge is 2.14. The first kappa shape index (κ1) is 23.6. The summed E-state index contributed by atoms with van der Waals surface area (Å²) in [7, 11) is 0. The number of rotatable bonds is 7. The average molecular weight is 566 g/mol. The minimum absolute atomic E-state index is 0.256. The Morgan fingerprint density at radius 3 is 2.33 bits per heavy atom. The van der Waals surface area contributed by atoms with E-state index in [9.17, 15) is 4.79 Å². The van der Waals surface area contributed by atoms with Gasteiger partial charge in [0.2, 0.25) is 0 Å². The normalized spacial score (nSPS) is 10.8. The van der Waals surface area contributed by atoms with E-state index in [4.69, 9.17) is 39.5 Å². The van der Waals surface area contributed by atoms with Gasteiger partial charge < -0.3 is 10.1 Å². The van der Waals surface area contributed by atoms with Gasteiger partial charge in [0.1, 0.15) is 17.4 Å². The molecule has 0 bridgehead atoms. The molecule has 4 rings (SSSR count). The molecule has 1 amide bonds. The number of carbonyl (C=O) groups is 1. The lowest BCUT2D eigenvalue weighted by molar-refractivity contribution is 0.102. The Morgan fingerprint density at radius 1 is 0.939 bits per heavy atom. The molecule has 5 nitrogen and oxygen atoms in total. The molecule has 0 aliphatic heterocycles. The van der Waals surface area contributed by atoms with Gasteiger partial charge in [-0.3, -0.25) is 9.48 Å². The van der Waals surface area contributed by atoms with Crippen molar-refractivity contribution in [1.82, 2.24) is 9.78 Å². The number of hydrogen-bond acceptors (Lipinski definition) is 3. The van der Waals surface area contributed by atoms with Crippen molar-refractivity contribution in [3.63, 3.8) is 0 Å². The Kier molecular flexibility index (Phi) is 7.60. The number of nitrogens with one attached hydrogen (secondary N) is 1. The fraction of sp³-hybridized carbons (Fsp3) is 0.0833. The van der Waals surface area contributed by atoms with Crippen LogP contribution in [-0.4, -0.2) is 15.7 Å². The SMILES string of the molecule is O=C(Nc1nn(Cc2c(Cl)cccc2Cl)cc1Cl)c1ccc(COc2ccccc2Br)cc1. The lowest BCUT2D eigenvalue weighted by Gasteiger charge is -2.09. The number of aromatic nitrogens is 2. The molecule has 0 fully saturated rings. The molecule has 0 atom stereocenters. The van der Waals surface area contributed by atoms with Crippen molar-refractivity contribution < 1.29 is 9.53 Å². The van der Waals surface area contributed by atoms with Crippen molar-refractivity contribution in [2.45, 2.75) is 13.2 Å². The minimum atomic E-state index is -0.323. The van der Waals surface area contributed by atoms with Crippen molar-refractivity contribution in [2.75, 3.05) is 5.32 Å². The topological polar surface area (TPSA) is 56.2 Å². The molecule has 3 aromatic carbocycles. The van der Waals surface area contributed by atoms with E-state index in [2.05, 4.69) is 26.3 Å². The van der Waals surface area contributed by atoms with Crippen LogP contribution in [0.3, 0.4) is 0 Å². The van der Waals surface area contributed by atoms with Crippen molar-refractivity contribution in [3.05, 3.63) is 109 Å². The van der Waals surface area contributed by atoms with E-state index in [1.54, 1.807) is 41.2 Å². The number of hydrogen-bond donors (Lipinski definition) is 1. The number of benzene rings is 3. The van der Waals surface area contributed by atoms with Gasteiger partial charge in [-0.2, -0.15) is 5.10 Å². The summed E-state index contributed by atoms with van der Waals surface area (Å²) in [6.07, 6.45) is 1.61. The second-order valence-electron chi connectivity index (χ2n) is 7.09. The molecule has 168 valence electrons. The monoisotopic (exact) mass is 563 g/mol. The molecular weight excluding hydrogens is 549 g/mol. The summed E-state index contributed by atoms with van der Waals surface area (Å²) in [5.74, 6) is 0.685. The van der Waals surface area contributed by atoms with Gasteiger partial charge in [0.05, 0.1) is 11.0 Å². The first-order valence-corrected chi connectivity index (χ1v) is 11.8. The second kappa shape index (κ2) is 10.6. The van der Waals surface area contributed by atoms with Gasteiger partial charge in [0.15, 0.2) is 5.82 Å². The van der Waals surface area contributed by atoms with Crippen molar-refractivity contribution >= 4 is 62.5 Å². The smallest absolute Gasteiger partial charge is 0.256 e. The Balaban J connectivity index is 1.39. The molecule has 0 aliphatic carbocycles. The highest BCUT2D eigenvalue weighted by Crippen LogP contribution is 2.27. The van der Waals surface area contributed by atoms with Gasteiger partial charge >= 0.3 is 0 Å². The number of carbonyl (C=O) groups excluding carboxylic acids is 1. The third-order valence-corrected chi connectivity index (χ3v) is 6.42. The summed E-state index contributed by atoms with van der Waals surface area (Å²) < 4.78 is 8.27. The Morgan fingerprint density at radius 2 is 1.64 bits per heavy atom. The number of para-hydroxylation sites is 1. The predicted molar refractivity (Wildman–Crippen MR) is 136 cm³/mol. The molecule has 1 aromatic heterocycles. The van der Waals surface area contributed by atoms with E-state index in [1.165, 1.54) is 0 Å². The van der Waals surface area contributed by atoms with E-state index >= 15 is 0 Å². The zero-order valence-corrected chi connectivity index (χ0v) is 20.9. The van der Waals surface area contributed by atoms with Crippen LogP contribution in [0.25, 0.3) is 0 Å². The van der Waals surface area contributed by atoms with Crippen LogP contribution in [0.4, 0.5) is 5.82 Å². The highest BCUT2D eigenvalue weighted by atomic mass is 79.9. The number of amides is 1. The van der Waals surface area contributed by atoms with Crippen LogP contribution in [0.5, 0.6) is 5.75 Å². The maximum atomic E-state index is 12.7. The van der Waals surface area contributed by atoms with Crippen LogP contribution in [0, 0.1) is 0 Å². The van der Waals surface area contributed by atoms with Crippen LogP contribution < -0.4 is 10.1 Å². The Bertz CT molecular complexity index is 1270. The van der Waals surface area contributed by atoms with E-state index < -0.39 is 0 Å². The van der Waals surface area contributed by atoms with Crippen molar-refractivity contribution in [1.29, 1.82) is 0 Å². The highest BCUT2D eigenvalue weighted by molar-refractivity contribution is 9.10. The van der Waals surface area contributed by atoms with Gasteiger partial charge in [-0.15, -0.1) is 0 Å². The molecule has 0 unspecified atom stereocenters. The lowest BCUT2D eigenvalue weighted by atomic mass is 10.1. The van der Waals surface area contributed by atoms with Gasteiger partial charge in [-0.25, -0.2) is 0 Å².